The second-order valence-corrected chi connectivity index (χ2v) is 5.36. The minimum Gasteiger partial charge on any atom is -0.383 e. The summed E-state index contributed by atoms with van der Waals surface area (Å²) in [5, 5.41) is 0. The number of nitrogens with zero attached hydrogens (tertiary/aromatic N) is 2. The molecule has 0 N–H and O–H groups in total. The van der Waals surface area contributed by atoms with E-state index in [1.54, 1.807) is 7.11 Å². The number of ether oxygens (including phenoxy) is 2. The van der Waals surface area contributed by atoms with Crippen molar-refractivity contribution >= 4 is 0 Å². The molecule has 0 amide bonds. The average molecular weight is 280 g/mol. The molecular formula is C13H26F2N2O2. The van der Waals surface area contributed by atoms with Gasteiger partial charge in [0.2, 0.25) is 0 Å². The Labute approximate surface area is 114 Å². The van der Waals surface area contributed by atoms with Crippen molar-refractivity contribution in [1.29, 1.82) is 0 Å². The van der Waals surface area contributed by atoms with Crippen molar-refractivity contribution in [3.8, 4) is 0 Å². The summed E-state index contributed by atoms with van der Waals surface area (Å²) in [7, 11) is 3.09. The average Bonchev–Trinajstić information content (AvgIpc) is 2.62. The second-order valence-electron chi connectivity index (χ2n) is 5.36. The fourth-order valence-electron chi connectivity index (χ4n) is 2.75. The van der Waals surface area contributed by atoms with Gasteiger partial charge in [0, 0.05) is 39.9 Å². The molecule has 2 atom stereocenters. The van der Waals surface area contributed by atoms with Gasteiger partial charge >= 0.3 is 6.17 Å². The standard InChI is InChI=1S/C13H26F2N2O2/c1-10(2)12(11(3)19-5)17-7-6-16(8-9-18-4)13(17,14)15/h10-12H,6-9H2,1-5H3. The molecule has 6 heteroatoms. The van der Waals surface area contributed by atoms with Gasteiger partial charge in [0.25, 0.3) is 0 Å². The molecule has 19 heavy (non-hydrogen) atoms. The lowest BCUT2D eigenvalue weighted by Gasteiger charge is -2.39. The molecule has 0 aromatic heterocycles. The minimum absolute atomic E-state index is 0.100. The fourth-order valence-corrected chi connectivity index (χ4v) is 2.75. The van der Waals surface area contributed by atoms with E-state index in [0.717, 1.165) is 0 Å². The molecule has 4 nitrogen and oxygen atoms in total. The second kappa shape index (κ2) is 6.92. The maximum Gasteiger partial charge on any atom is 0.370 e. The van der Waals surface area contributed by atoms with Gasteiger partial charge in [-0.1, -0.05) is 13.8 Å². The first-order valence-corrected chi connectivity index (χ1v) is 6.77. The van der Waals surface area contributed by atoms with E-state index >= 15 is 0 Å². The molecular weight excluding hydrogens is 254 g/mol. The Balaban J connectivity index is 2.82. The quantitative estimate of drug-likeness (QED) is 0.665. The van der Waals surface area contributed by atoms with Gasteiger partial charge < -0.3 is 9.47 Å². The molecule has 1 aliphatic rings. The zero-order valence-corrected chi connectivity index (χ0v) is 12.5. The van der Waals surface area contributed by atoms with Gasteiger partial charge in [-0.05, 0) is 12.8 Å². The van der Waals surface area contributed by atoms with E-state index in [0.29, 0.717) is 19.7 Å². The number of alkyl halides is 2. The van der Waals surface area contributed by atoms with Crippen LogP contribution in [0.25, 0.3) is 0 Å². The zero-order chi connectivity index (χ0) is 14.6. The van der Waals surface area contributed by atoms with E-state index in [1.165, 1.54) is 16.9 Å². The Bertz CT molecular complexity index is 277. The third-order valence-electron chi connectivity index (χ3n) is 3.80. The van der Waals surface area contributed by atoms with Gasteiger partial charge in [-0.2, -0.15) is 8.78 Å². The molecule has 1 fully saturated rings. The van der Waals surface area contributed by atoms with Crippen LogP contribution >= 0.6 is 0 Å². The number of hydrogen-bond donors (Lipinski definition) is 0. The number of hydrogen-bond acceptors (Lipinski definition) is 4. The first-order chi connectivity index (χ1) is 8.86. The molecule has 1 heterocycles. The first-order valence-electron chi connectivity index (χ1n) is 6.77. The molecule has 0 aromatic carbocycles. The van der Waals surface area contributed by atoms with Crippen molar-refractivity contribution in [3.05, 3.63) is 0 Å². The highest BCUT2D eigenvalue weighted by atomic mass is 19.3. The van der Waals surface area contributed by atoms with Crippen molar-refractivity contribution in [3.63, 3.8) is 0 Å². The van der Waals surface area contributed by atoms with E-state index in [-0.39, 0.29) is 24.6 Å². The molecule has 2 unspecified atom stereocenters. The lowest BCUT2D eigenvalue weighted by atomic mass is 9.98. The Hall–Kier alpha value is -0.300. The molecule has 114 valence electrons. The van der Waals surface area contributed by atoms with Crippen LogP contribution in [0, 0.1) is 5.92 Å². The van der Waals surface area contributed by atoms with Crippen LogP contribution < -0.4 is 0 Å². The van der Waals surface area contributed by atoms with Crippen molar-refractivity contribution in [2.24, 2.45) is 5.92 Å². The molecule has 0 aliphatic carbocycles. The molecule has 0 radical (unpaired) electrons. The Morgan fingerprint density at radius 2 is 1.79 bits per heavy atom. The zero-order valence-electron chi connectivity index (χ0n) is 12.5. The van der Waals surface area contributed by atoms with Crippen LogP contribution in [-0.4, -0.2) is 68.6 Å². The first kappa shape index (κ1) is 16.8. The van der Waals surface area contributed by atoms with Crippen molar-refractivity contribution in [2.45, 2.75) is 39.1 Å². The van der Waals surface area contributed by atoms with Crippen molar-refractivity contribution in [2.75, 3.05) is 40.5 Å². The van der Waals surface area contributed by atoms with Crippen molar-refractivity contribution < 1.29 is 18.3 Å². The topological polar surface area (TPSA) is 24.9 Å². The van der Waals surface area contributed by atoms with Gasteiger partial charge in [0.15, 0.2) is 0 Å². The SMILES string of the molecule is COCCN1CCN(C(C(C)C)C(C)OC)C1(F)F. The number of rotatable bonds is 7. The smallest absolute Gasteiger partial charge is 0.370 e. The van der Waals surface area contributed by atoms with Crippen LogP contribution in [-0.2, 0) is 9.47 Å². The minimum atomic E-state index is -2.93. The molecule has 1 rings (SSSR count). The number of halogens is 2. The van der Waals surface area contributed by atoms with Gasteiger partial charge in [-0.15, -0.1) is 0 Å². The summed E-state index contributed by atoms with van der Waals surface area (Å²) in [6, 6.07) is -0.299. The predicted molar refractivity (Wildman–Crippen MR) is 70.2 cm³/mol. The van der Waals surface area contributed by atoms with Crippen LogP contribution in [0.3, 0.4) is 0 Å². The summed E-state index contributed by atoms with van der Waals surface area (Å²) in [5.74, 6) is 0.100. The highest BCUT2D eigenvalue weighted by Crippen LogP contribution is 2.35. The van der Waals surface area contributed by atoms with E-state index in [9.17, 15) is 8.78 Å². The highest BCUT2D eigenvalue weighted by Gasteiger charge is 2.52. The summed E-state index contributed by atoms with van der Waals surface area (Å²) in [6.45, 7) is 7.02. The molecule has 0 aromatic rings. The molecule has 0 bridgehead atoms. The van der Waals surface area contributed by atoms with E-state index in [1.807, 2.05) is 20.8 Å². The maximum absolute atomic E-state index is 14.4. The lowest BCUT2D eigenvalue weighted by molar-refractivity contribution is -0.237. The molecule has 0 spiro atoms. The van der Waals surface area contributed by atoms with Gasteiger partial charge in [-0.25, -0.2) is 9.80 Å². The summed E-state index contributed by atoms with van der Waals surface area (Å²) in [5.41, 5.74) is 0. The molecule has 1 aliphatic heterocycles. The monoisotopic (exact) mass is 280 g/mol. The predicted octanol–water partition coefficient (Wildman–Crippen LogP) is 1.86. The Morgan fingerprint density at radius 3 is 2.26 bits per heavy atom. The van der Waals surface area contributed by atoms with Gasteiger partial charge in [-0.3, -0.25) is 0 Å². The van der Waals surface area contributed by atoms with E-state index in [2.05, 4.69) is 0 Å². The molecule has 0 saturated carbocycles. The van der Waals surface area contributed by atoms with Crippen LogP contribution in [0.1, 0.15) is 20.8 Å². The van der Waals surface area contributed by atoms with Gasteiger partial charge in [0.1, 0.15) is 0 Å². The Morgan fingerprint density at radius 1 is 1.16 bits per heavy atom. The third kappa shape index (κ3) is 3.62. The summed E-state index contributed by atoms with van der Waals surface area (Å²) >= 11 is 0. The molecule has 1 saturated heterocycles. The van der Waals surface area contributed by atoms with E-state index < -0.39 is 6.17 Å². The van der Waals surface area contributed by atoms with Crippen LogP contribution in [0.5, 0.6) is 0 Å². The Kier molecular flexibility index (Phi) is 6.11. The largest absolute Gasteiger partial charge is 0.383 e. The van der Waals surface area contributed by atoms with Crippen LogP contribution in [0.15, 0.2) is 0 Å². The van der Waals surface area contributed by atoms with Crippen LogP contribution in [0.4, 0.5) is 8.78 Å². The lowest BCUT2D eigenvalue weighted by Crippen LogP contribution is -2.56. The van der Waals surface area contributed by atoms with E-state index in [4.69, 9.17) is 9.47 Å². The summed E-state index contributed by atoms with van der Waals surface area (Å²) < 4.78 is 39.1. The normalized spacial score (nSPS) is 24.0. The fraction of sp³-hybridized carbons (Fsp3) is 1.00. The third-order valence-corrected chi connectivity index (χ3v) is 3.80. The highest BCUT2D eigenvalue weighted by molar-refractivity contribution is 4.90. The number of methoxy groups -OCH3 is 2. The van der Waals surface area contributed by atoms with Gasteiger partial charge in [0.05, 0.1) is 12.7 Å². The maximum atomic E-state index is 14.4. The van der Waals surface area contributed by atoms with Crippen LogP contribution in [0.2, 0.25) is 0 Å². The van der Waals surface area contributed by atoms with Crippen molar-refractivity contribution in [1.82, 2.24) is 9.80 Å². The summed E-state index contributed by atoms with van der Waals surface area (Å²) in [6.07, 6.45) is -3.16. The summed E-state index contributed by atoms with van der Waals surface area (Å²) in [4.78, 5) is 2.44.